The molecule has 2 N–H and O–H groups in total. The highest BCUT2D eigenvalue weighted by molar-refractivity contribution is 5.70. The summed E-state index contributed by atoms with van der Waals surface area (Å²) < 4.78 is 12.3. The standard InChI is InChI=1S/C62H106N2O4/c1-41(2)13-11-15-43(5)49-21-23-53-51(49)25-27-57-55(53)19-17-45-39-47(29-33-61(45,57)7)67-59(65)31-37-63-35-9-10-36-64-38-32-60(66)68-48-30-34-62(8)46(40-48)18-20-56-54-24-22-50(52(54)26-28-58(56)62)44(6)16-12-14-42(3)4/h17,41-44,46-58,63-64H,9-16,18-40H2,1-8H3. The lowest BCUT2D eigenvalue weighted by molar-refractivity contribution is -0.160. The Morgan fingerprint density at radius 2 is 1.09 bits per heavy atom. The molecule has 0 bridgehead atoms. The Morgan fingerprint density at radius 1 is 0.559 bits per heavy atom. The maximum Gasteiger partial charge on any atom is 0.307 e. The van der Waals surface area contributed by atoms with Crippen molar-refractivity contribution < 1.29 is 19.1 Å². The summed E-state index contributed by atoms with van der Waals surface area (Å²) in [6.45, 7) is 23.1. The fourth-order valence-electron chi connectivity index (χ4n) is 18.6. The molecule has 7 saturated carbocycles. The number of rotatable bonds is 23. The van der Waals surface area contributed by atoms with Crippen LogP contribution in [-0.4, -0.2) is 50.3 Å². The normalized spacial score (nSPS) is 39.4. The first kappa shape index (κ1) is 52.9. The average molecular weight is 944 g/mol. The van der Waals surface area contributed by atoms with Gasteiger partial charge in [-0.15, -0.1) is 0 Å². The molecular formula is C62H106N2O4. The van der Waals surface area contributed by atoms with Crippen LogP contribution in [0.2, 0.25) is 0 Å². The monoisotopic (exact) mass is 943 g/mol. The summed E-state index contributed by atoms with van der Waals surface area (Å²) >= 11 is 0. The van der Waals surface area contributed by atoms with E-state index >= 15 is 0 Å². The molecule has 68 heavy (non-hydrogen) atoms. The van der Waals surface area contributed by atoms with Crippen molar-refractivity contribution >= 4 is 11.9 Å². The average Bonchev–Trinajstić information content (AvgIpc) is 3.95. The number of allylic oxidation sites excluding steroid dienone is 1. The predicted octanol–water partition coefficient (Wildman–Crippen LogP) is 14.9. The van der Waals surface area contributed by atoms with Gasteiger partial charge in [0.05, 0.1) is 12.8 Å². The van der Waals surface area contributed by atoms with Gasteiger partial charge in [-0.25, -0.2) is 0 Å². The Morgan fingerprint density at radius 3 is 1.69 bits per heavy atom. The van der Waals surface area contributed by atoms with Gasteiger partial charge in [0.25, 0.3) is 0 Å². The number of fused-ring (bicyclic) bond motifs is 10. The number of ether oxygens (including phenoxy) is 2. The highest BCUT2D eigenvalue weighted by Gasteiger charge is 2.58. The van der Waals surface area contributed by atoms with Gasteiger partial charge in [0.15, 0.2) is 0 Å². The third-order valence-corrected chi connectivity index (χ3v) is 22.3. The van der Waals surface area contributed by atoms with E-state index in [1.54, 1.807) is 5.57 Å². The van der Waals surface area contributed by atoms with Gasteiger partial charge < -0.3 is 20.1 Å². The molecule has 388 valence electrons. The van der Waals surface area contributed by atoms with Crippen molar-refractivity contribution in [2.75, 3.05) is 26.2 Å². The lowest BCUT2D eigenvalue weighted by Crippen LogP contribution is -2.52. The zero-order valence-corrected chi connectivity index (χ0v) is 45.4. The van der Waals surface area contributed by atoms with Crippen molar-refractivity contribution in [3.05, 3.63) is 11.6 Å². The molecule has 8 aliphatic rings. The van der Waals surface area contributed by atoms with E-state index in [4.69, 9.17) is 9.47 Å². The van der Waals surface area contributed by atoms with Gasteiger partial charge in [0.2, 0.25) is 0 Å². The molecule has 0 spiro atoms. The summed E-state index contributed by atoms with van der Waals surface area (Å²) in [6, 6.07) is 0. The van der Waals surface area contributed by atoms with Gasteiger partial charge >= 0.3 is 11.9 Å². The fraction of sp³-hybridized carbons (Fsp3) is 0.935. The third-order valence-electron chi connectivity index (χ3n) is 22.3. The second-order valence-electron chi connectivity index (χ2n) is 27.0. The van der Waals surface area contributed by atoms with Crippen LogP contribution in [0.3, 0.4) is 0 Å². The van der Waals surface area contributed by atoms with Gasteiger partial charge in [0.1, 0.15) is 12.2 Å². The number of carbonyl (C=O) groups is 2. The SMILES string of the molecule is CC(C)CCCC(C)C1CCC2C1CCC1C2CC=C2CC(OC(=O)CCNCCCCNCCC(=O)OC3CCC4(C)C(CCC5C6CCC(C(C)CCCC(C)C)C6CCC54)C3)CCC21C. The largest absolute Gasteiger partial charge is 0.462 e. The van der Waals surface area contributed by atoms with Crippen LogP contribution >= 0.6 is 0 Å². The molecular weight excluding hydrogens is 837 g/mol. The zero-order chi connectivity index (χ0) is 48.0. The molecule has 0 aliphatic heterocycles. The van der Waals surface area contributed by atoms with E-state index in [2.05, 4.69) is 72.1 Å². The first-order chi connectivity index (χ1) is 32.7. The van der Waals surface area contributed by atoms with Crippen LogP contribution in [0.5, 0.6) is 0 Å². The molecule has 0 saturated heterocycles. The van der Waals surface area contributed by atoms with E-state index in [1.165, 1.54) is 122 Å². The van der Waals surface area contributed by atoms with E-state index in [1.807, 2.05) is 0 Å². The molecule has 0 aromatic rings. The highest BCUT2D eigenvalue weighted by atomic mass is 16.5. The summed E-state index contributed by atoms with van der Waals surface area (Å²) in [5.74, 6) is 13.5. The van der Waals surface area contributed by atoms with Crippen LogP contribution < -0.4 is 10.6 Å². The second-order valence-corrected chi connectivity index (χ2v) is 27.0. The van der Waals surface area contributed by atoms with Crippen molar-refractivity contribution in [3.8, 4) is 0 Å². The van der Waals surface area contributed by atoms with Crippen LogP contribution in [0.1, 0.15) is 229 Å². The minimum atomic E-state index is -0.0410. The topological polar surface area (TPSA) is 76.7 Å². The molecule has 7 fully saturated rings. The molecule has 0 aromatic heterocycles. The highest BCUT2D eigenvalue weighted by Crippen LogP contribution is 2.66. The summed E-state index contributed by atoms with van der Waals surface area (Å²) in [7, 11) is 0. The molecule has 17 atom stereocenters. The van der Waals surface area contributed by atoms with E-state index in [9.17, 15) is 9.59 Å². The van der Waals surface area contributed by atoms with Crippen LogP contribution in [0.4, 0.5) is 0 Å². The predicted molar refractivity (Wildman–Crippen MR) is 281 cm³/mol. The van der Waals surface area contributed by atoms with Crippen molar-refractivity contribution in [1.82, 2.24) is 10.6 Å². The van der Waals surface area contributed by atoms with Gasteiger partial charge in [0, 0.05) is 19.5 Å². The van der Waals surface area contributed by atoms with E-state index < -0.39 is 0 Å². The Bertz CT molecular complexity index is 1640. The van der Waals surface area contributed by atoms with Crippen molar-refractivity contribution in [2.24, 2.45) is 99.6 Å². The maximum atomic E-state index is 13.0. The Hall–Kier alpha value is -1.40. The lowest BCUT2D eigenvalue weighted by Gasteiger charge is -2.59. The summed E-state index contributed by atoms with van der Waals surface area (Å²) in [4.78, 5) is 26.0. The second kappa shape index (κ2) is 24.1. The van der Waals surface area contributed by atoms with Crippen molar-refractivity contribution in [3.63, 3.8) is 0 Å². The van der Waals surface area contributed by atoms with Gasteiger partial charge in [-0.05, 0) is 228 Å². The minimum absolute atomic E-state index is 0.0168. The van der Waals surface area contributed by atoms with E-state index in [-0.39, 0.29) is 24.1 Å². The fourth-order valence-corrected chi connectivity index (χ4v) is 18.6. The number of nitrogens with one attached hydrogen (secondary N) is 2. The molecule has 6 nitrogen and oxygen atoms in total. The van der Waals surface area contributed by atoms with Crippen LogP contribution in [0.25, 0.3) is 0 Å². The lowest BCUT2D eigenvalue weighted by atomic mass is 9.46. The van der Waals surface area contributed by atoms with E-state index in [0.717, 1.165) is 140 Å². The number of hydrogen-bond acceptors (Lipinski definition) is 6. The Kier molecular flexibility index (Phi) is 18.7. The first-order valence-electron chi connectivity index (χ1n) is 30.2. The zero-order valence-electron chi connectivity index (χ0n) is 45.4. The molecule has 0 radical (unpaired) electrons. The Labute approximate surface area is 418 Å². The molecule has 6 heteroatoms. The molecule has 8 aliphatic carbocycles. The molecule has 8 rings (SSSR count). The van der Waals surface area contributed by atoms with Crippen LogP contribution in [-0.2, 0) is 19.1 Å². The number of esters is 2. The third kappa shape index (κ3) is 12.3. The van der Waals surface area contributed by atoms with Crippen LogP contribution in [0, 0.1) is 99.6 Å². The molecule has 0 aromatic carbocycles. The molecule has 0 amide bonds. The van der Waals surface area contributed by atoms with Gasteiger partial charge in [-0.1, -0.05) is 106 Å². The molecule has 0 heterocycles. The quantitative estimate of drug-likeness (QED) is 0.0604. The smallest absolute Gasteiger partial charge is 0.307 e. The van der Waals surface area contributed by atoms with E-state index in [0.29, 0.717) is 36.8 Å². The van der Waals surface area contributed by atoms with Crippen LogP contribution in [0.15, 0.2) is 11.6 Å². The molecule has 17 unspecified atom stereocenters. The summed E-state index contributed by atoms with van der Waals surface area (Å²) in [5.41, 5.74) is 2.36. The van der Waals surface area contributed by atoms with Crippen molar-refractivity contribution in [2.45, 2.75) is 241 Å². The van der Waals surface area contributed by atoms with Gasteiger partial charge in [-0.3, -0.25) is 9.59 Å². The van der Waals surface area contributed by atoms with Crippen molar-refractivity contribution in [1.29, 1.82) is 0 Å². The number of carbonyl (C=O) groups excluding carboxylic acids is 2. The maximum absolute atomic E-state index is 13.0. The number of hydrogen-bond donors (Lipinski definition) is 2. The number of unbranched alkanes of at least 4 members (excludes halogenated alkanes) is 1. The summed E-state index contributed by atoms with van der Waals surface area (Å²) in [6.07, 6.45) is 36.6. The Balaban J connectivity index is 0.647. The van der Waals surface area contributed by atoms with Gasteiger partial charge in [-0.2, -0.15) is 0 Å². The summed E-state index contributed by atoms with van der Waals surface area (Å²) in [5, 5.41) is 6.97. The minimum Gasteiger partial charge on any atom is -0.462 e. The first-order valence-corrected chi connectivity index (χ1v) is 30.2.